The van der Waals surface area contributed by atoms with Crippen molar-refractivity contribution < 1.29 is 4.92 Å². The smallest absolute Gasteiger partial charge is 0.278 e. The monoisotopic (exact) mass is 292 g/mol. The number of hydrogen-bond donors (Lipinski definition) is 1. The number of nitrogens with one attached hydrogen (secondary N) is 1. The topological polar surface area (TPSA) is 71.3 Å². The molecule has 1 fully saturated rings. The Kier molecular flexibility index (Phi) is 5.25. The van der Waals surface area contributed by atoms with Gasteiger partial charge in [-0.05, 0) is 40.3 Å². The highest BCUT2D eigenvalue weighted by Gasteiger charge is 2.20. The third-order valence-corrected chi connectivity index (χ3v) is 4.12. The zero-order chi connectivity index (χ0) is 15.4. The van der Waals surface area contributed by atoms with E-state index in [1.165, 1.54) is 19.3 Å². The van der Waals surface area contributed by atoms with Crippen LogP contribution in [0.2, 0.25) is 0 Å². The molecule has 1 aliphatic rings. The molecule has 1 unspecified atom stereocenters. The molecule has 2 rings (SSSR count). The van der Waals surface area contributed by atoms with E-state index in [1.54, 1.807) is 20.0 Å². The first-order valence-corrected chi connectivity index (χ1v) is 7.50. The molecule has 1 aromatic heterocycles. The third-order valence-electron chi connectivity index (χ3n) is 4.12. The summed E-state index contributed by atoms with van der Waals surface area (Å²) >= 11 is 0. The third kappa shape index (κ3) is 3.98. The van der Waals surface area contributed by atoms with Crippen molar-refractivity contribution in [1.82, 2.24) is 15.2 Å². The molecular formula is C15H24N4O2. The van der Waals surface area contributed by atoms with Gasteiger partial charge < -0.3 is 5.32 Å². The van der Waals surface area contributed by atoms with Gasteiger partial charge in [-0.1, -0.05) is 6.42 Å². The van der Waals surface area contributed by atoms with Gasteiger partial charge in [-0.15, -0.1) is 0 Å². The van der Waals surface area contributed by atoms with E-state index in [2.05, 4.69) is 15.2 Å². The van der Waals surface area contributed by atoms with Crippen LogP contribution < -0.4 is 5.32 Å². The number of aryl methyl sites for hydroxylation is 1. The lowest BCUT2D eigenvalue weighted by molar-refractivity contribution is -0.386. The molecule has 0 spiro atoms. The van der Waals surface area contributed by atoms with Crippen molar-refractivity contribution in [2.45, 2.75) is 45.7 Å². The highest BCUT2D eigenvalue weighted by molar-refractivity contribution is 5.47. The Labute approximate surface area is 125 Å². The van der Waals surface area contributed by atoms with E-state index in [4.69, 9.17) is 0 Å². The number of aromatic nitrogens is 1. The van der Waals surface area contributed by atoms with Crippen molar-refractivity contribution in [2.75, 3.05) is 20.1 Å². The fourth-order valence-electron chi connectivity index (χ4n) is 2.98. The largest absolute Gasteiger partial charge is 0.313 e. The van der Waals surface area contributed by atoms with Crippen molar-refractivity contribution in [2.24, 2.45) is 0 Å². The molecule has 1 N–H and O–H groups in total. The Morgan fingerprint density at radius 1 is 1.48 bits per heavy atom. The minimum absolute atomic E-state index is 0.198. The highest BCUT2D eigenvalue weighted by Crippen LogP contribution is 2.24. The quantitative estimate of drug-likeness (QED) is 0.665. The van der Waals surface area contributed by atoms with Gasteiger partial charge in [0.15, 0.2) is 0 Å². The molecule has 0 radical (unpaired) electrons. The van der Waals surface area contributed by atoms with Crippen LogP contribution in [0.3, 0.4) is 0 Å². The minimum Gasteiger partial charge on any atom is -0.313 e. The van der Waals surface area contributed by atoms with Crippen LogP contribution in [0.15, 0.2) is 6.20 Å². The van der Waals surface area contributed by atoms with Gasteiger partial charge in [0.2, 0.25) is 0 Å². The maximum Gasteiger partial charge on any atom is 0.278 e. The maximum absolute atomic E-state index is 11.2. The first-order valence-electron chi connectivity index (χ1n) is 7.50. The second kappa shape index (κ2) is 6.95. The summed E-state index contributed by atoms with van der Waals surface area (Å²) in [6.07, 6.45) is 5.34. The number of likely N-dealkylation sites (N-methyl/N-ethyl adjacent to an activating group) is 1. The van der Waals surface area contributed by atoms with Crippen LogP contribution in [0, 0.1) is 24.0 Å². The molecule has 0 saturated carbocycles. The van der Waals surface area contributed by atoms with E-state index in [0.717, 1.165) is 18.8 Å². The fourth-order valence-corrected chi connectivity index (χ4v) is 2.98. The summed E-state index contributed by atoms with van der Waals surface area (Å²) in [5.41, 5.74) is 2.30. The van der Waals surface area contributed by atoms with Crippen LogP contribution in [0.1, 0.15) is 36.1 Å². The number of pyridine rings is 1. The van der Waals surface area contributed by atoms with E-state index in [0.29, 0.717) is 23.7 Å². The number of rotatable bonds is 5. The van der Waals surface area contributed by atoms with Gasteiger partial charge in [0.25, 0.3) is 5.69 Å². The summed E-state index contributed by atoms with van der Waals surface area (Å²) in [6.45, 7) is 6.21. The molecular weight excluding hydrogens is 268 g/mol. The normalized spacial score (nSPS) is 19.0. The van der Waals surface area contributed by atoms with Gasteiger partial charge in [-0.2, -0.15) is 0 Å². The number of nitrogens with zero attached hydrogens (tertiary/aromatic N) is 3. The molecule has 0 aliphatic carbocycles. The summed E-state index contributed by atoms with van der Waals surface area (Å²) in [7, 11) is 2.04. The van der Waals surface area contributed by atoms with Crippen molar-refractivity contribution >= 4 is 5.69 Å². The lowest BCUT2D eigenvalue weighted by atomic mass is 10.0. The molecule has 116 valence electrons. The van der Waals surface area contributed by atoms with Crippen molar-refractivity contribution in [3.05, 3.63) is 33.1 Å². The van der Waals surface area contributed by atoms with Crippen LogP contribution in [-0.2, 0) is 6.54 Å². The van der Waals surface area contributed by atoms with Gasteiger partial charge in [0.1, 0.15) is 0 Å². The van der Waals surface area contributed by atoms with Crippen molar-refractivity contribution in [3.63, 3.8) is 0 Å². The molecule has 1 aliphatic heterocycles. The predicted molar refractivity (Wildman–Crippen MR) is 82.3 cm³/mol. The summed E-state index contributed by atoms with van der Waals surface area (Å²) < 4.78 is 0. The second-order valence-corrected chi connectivity index (χ2v) is 5.96. The number of piperidine rings is 1. The summed E-state index contributed by atoms with van der Waals surface area (Å²) in [6, 6.07) is 0.518. The number of hydrogen-bond acceptors (Lipinski definition) is 5. The van der Waals surface area contributed by atoms with Gasteiger partial charge in [-0.25, -0.2) is 0 Å². The van der Waals surface area contributed by atoms with Crippen LogP contribution in [0.4, 0.5) is 5.69 Å². The molecule has 1 saturated heterocycles. The van der Waals surface area contributed by atoms with E-state index in [1.807, 2.05) is 7.05 Å². The standard InChI is InChI=1S/C15H24N4O2/c1-11-8-17-14(12(2)15(11)19(20)21)10-18(3)9-13-6-4-5-7-16-13/h8,13,16H,4-7,9-10H2,1-3H3. The van der Waals surface area contributed by atoms with Crippen molar-refractivity contribution in [3.8, 4) is 0 Å². The molecule has 21 heavy (non-hydrogen) atoms. The lowest BCUT2D eigenvalue weighted by Crippen LogP contribution is -2.42. The van der Waals surface area contributed by atoms with Gasteiger partial charge in [0, 0.05) is 36.5 Å². The Balaban J connectivity index is 2.05. The molecule has 0 amide bonds. The molecule has 0 bridgehead atoms. The van der Waals surface area contributed by atoms with E-state index in [-0.39, 0.29) is 10.6 Å². The molecule has 0 aromatic carbocycles. The van der Waals surface area contributed by atoms with Crippen LogP contribution in [-0.4, -0.2) is 41.0 Å². The Hall–Kier alpha value is -1.53. The molecule has 6 heteroatoms. The molecule has 6 nitrogen and oxygen atoms in total. The lowest BCUT2D eigenvalue weighted by Gasteiger charge is -2.28. The molecule has 1 aromatic rings. The Morgan fingerprint density at radius 3 is 2.86 bits per heavy atom. The van der Waals surface area contributed by atoms with Crippen LogP contribution >= 0.6 is 0 Å². The average molecular weight is 292 g/mol. The fraction of sp³-hybridized carbons (Fsp3) is 0.667. The van der Waals surface area contributed by atoms with E-state index in [9.17, 15) is 10.1 Å². The molecule has 1 atom stereocenters. The average Bonchev–Trinajstić information content (AvgIpc) is 2.43. The first kappa shape index (κ1) is 15.9. The predicted octanol–water partition coefficient (Wildman–Crippen LogP) is 2.18. The van der Waals surface area contributed by atoms with Gasteiger partial charge >= 0.3 is 0 Å². The zero-order valence-corrected chi connectivity index (χ0v) is 13.1. The molecule has 2 heterocycles. The van der Waals surface area contributed by atoms with E-state index >= 15 is 0 Å². The Bertz CT molecular complexity index is 513. The SMILES string of the molecule is Cc1cnc(CN(C)CC2CCCCN2)c(C)c1[N+](=O)[O-]. The van der Waals surface area contributed by atoms with Gasteiger partial charge in [-0.3, -0.25) is 20.0 Å². The second-order valence-electron chi connectivity index (χ2n) is 5.96. The number of nitro groups is 1. The minimum atomic E-state index is -0.307. The van der Waals surface area contributed by atoms with Crippen LogP contribution in [0.5, 0.6) is 0 Å². The zero-order valence-electron chi connectivity index (χ0n) is 13.1. The first-order chi connectivity index (χ1) is 9.99. The summed E-state index contributed by atoms with van der Waals surface area (Å²) in [4.78, 5) is 17.4. The van der Waals surface area contributed by atoms with Gasteiger partial charge in [0.05, 0.1) is 10.6 Å². The van der Waals surface area contributed by atoms with Crippen LogP contribution in [0.25, 0.3) is 0 Å². The Morgan fingerprint density at radius 2 is 2.24 bits per heavy atom. The summed E-state index contributed by atoms with van der Waals surface area (Å²) in [5.74, 6) is 0. The summed E-state index contributed by atoms with van der Waals surface area (Å²) in [5, 5.41) is 14.7. The van der Waals surface area contributed by atoms with Crippen molar-refractivity contribution in [1.29, 1.82) is 0 Å². The van der Waals surface area contributed by atoms with E-state index < -0.39 is 0 Å². The highest BCUT2D eigenvalue weighted by atomic mass is 16.6. The maximum atomic E-state index is 11.2.